The molecule has 0 aromatic rings. The monoisotopic (exact) mass is 317 g/mol. The molecule has 0 saturated carbocycles. The van der Waals surface area contributed by atoms with Crippen molar-refractivity contribution in [1.82, 2.24) is 0 Å². The molecule has 0 amide bonds. The summed E-state index contributed by atoms with van der Waals surface area (Å²) in [6, 6.07) is 0. The number of nitrogens with zero attached hydrogens (tertiary/aromatic N) is 1. The number of hydrogen-bond donors (Lipinski definition) is 0. The molecule has 22 heavy (non-hydrogen) atoms. The van der Waals surface area contributed by atoms with Gasteiger partial charge in [-0.05, 0) is 24.3 Å². The Balaban J connectivity index is 3.53. The van der Waals surface area contributed by atoms with Crippen LogP contribution >= 0.6 is 0 Å². The predicted octanol–water partition coefficient (Wildman–Crippen LogP) is 1.28. The van der Waals surface area contributed by atoms with Crippen molar-refractivity contribution >= 4 is 23.4 Å². The molecule has 1 rings (SSSR count). The fraction of sp³-hybridized carbons (Fsp3) is 0.231. The van der Waals surface area contributed by atoms with Crippen LogP contribution in [0.1, 0.15) is 0 Å². The van der Waals surface area contributed by atoms with Gasteiger partial charge in [0.25, 0.3) is 0 Å². The highest BCUT2D eigenvalue weighted by Gasteiger charge is 2.42. The lowest BCUT2D eigenvalue weighted by Gasteiger charge is -2.12. The third-order valence-corrected chi connectivity index (χ3v) is 2.36. The van der Waals surface area contributed by atoms with E-state index in [4.69, 9.17) is 0 Å². The summed E-state index contributed by atoms with van der Waals surface area (Å²) < 4.78 is 47.6. The first-order chi connectivity index (χ1) is 10.2. The van der Waals surface area contributed by atoms with Crippen molar-refractivity contribution in [1.29, 1.82) is 0 Å². The van der Waals surface area contributed by atoms with Crippen LogP contribution in [0.25, 0.3) is 0 Å². The Morgan fingerprint density at radius 3 is 1.82 bits per heavy atom. The van der Waals surface area contributed by atoms with Crippen molar-refractivity contribution in [2.24, 2.45) is 4.99 Å². The summed E-state index contributed by atoms with van der Waals surface area (Å²) in [6.45, 7) is 0. The Morgan fingerprint density at radius 2 is 1.45 bits per heavy atom. The molecule has 0 aromatic heterocycles. The van der Waals surface area contributed by atoms with E-state index in [2.05, 4.69) is 14.5 Å². The van der Waals surface area contributed by atoms with E-state index in [0.29, 0.717) is 0 Å². The molecule has 1 aliphatic carbocycles. The van der Waals surface area contributed by atoms with Crippen molar-refractivity contribution in [3.05, 3.63) is 35.6 Å². The molecule has 0 saturated heterocycles. The van der Waals surface area contributed by atoms with E-state index >= 15 is 0 Å². The maximum Gasteiger partial charge on any atom is 0.434 e. The first-order valence-electron chi connectivity index (χ1n) is 5.67. The number of carbonyl (C=O) groups excluding carboxylic acids is 3. The predicted molar refractivity (Wildman–Crippen MR) is 67.8 cm³/mol. The van der Waals surface area contributed by atoms with Crippen LogP contribution < -0.4 is 0 Å². The van der Waals surface area contributed by atoms with Crippen molar-refractivity contribution in [2.45, 2.75) is 6.18 Å². The molecule has 0 aliphatic heterocycles. The van der Waals surface area contributed by atoms with Crippen molar-refractivity contribution in [3.8, 4) is 0 Å². The van der Waals surface area contributed by atoms with Gasteiger partial charge in [0.05, 0.1) is 19.9 Å². The maximum absolute atomic E-state index is 13.1. The summed E-state index contributed by atoms with van der Waals surface area (Å²) in [5, 5.41) is 0. The number of hydrogen-bond acceptors (Lipinski definition) is 6. The van der Waals surface area contributed by atoms with Gasteiger partial charge in [0.15, 0.2) is 17.1 Å². The fourth-order valence-corrected chi connectivity index (χ4v) is 1.39. The molecular weight excluding hydrogens is 307 g/mol. The van der Waals surface area contributed by atoms with Crippen LogP contribution in [0.4, 0.5) is 13.2 Å². The number of aliphatic imine (C=N–C) groups is 1. The van der Waals surface area contributed by atoms with Gasteiger partial charge in [0.1, 0.15) is 0 Å². The normalized spacial score (nSPS) is 13.7. The molecule has 0 fully saturated rings. The number of ether oxygens (including phenoxy) is 2. The average Bonchev–Trinajstić information content (AvgIpc) is 2.46. The number of carbonyl (C=O) groups is 3. The second-order valence-electron chi connectivity index (χ2n) is 3.81. The van der Waals surface area contributed by atoms with E-state index in [1.807, 2.05) is 0 Å². The lowest BCUT2D eigenvalue weighted by molar-refractivity contribution is -0.146. The van der Waals surface area contributed by atoms with Gasteiger partial charge in [0, 0.05) is 0 Å². The molecule has 9 heteroatoms. The molecule has 0 unspecified atom stereocenters. The minimum absolute atomic E-state index is 0.266. The molecule has 0 aromatic carbocycles. The van der Waals surface area contributed by atoms with E-state index in [9.17, 15) is 27.6 Å². The Kier molecular flexibility index (Phi) is 5.39. The third-order valence-electron chi connectivity index (χ3n) is 2.36. The number of ketones is 1. The quantitative estimate of drug-likeness (QED) is 0.257. The van der Waals surface area contributed by atoms with Gasteiger partial charge >= 0.3 is 18.1 Å². The highest BCUT2D eigenvalue weighted by atomic mass is 19.4. The number of rotatable bonds is 3. The second-order valence-corrected chi connectivity index (χ2v) is 3.81. The molecule has 0 bridgehead atoms. The van der Waals surface area contributed by atoms with E-state index in [1.165, 1.54) is 0 Å². The minimum atomic E-state index is -5.12. The summed E-state index contributed by atoms with van der Waals surface area (Å²) in [6.07, 6.45) is -1.11. The smallest absolute Gasteiger partial charge is 0.434 e. The Morgan fingerprint density at radius 1 is 1.00 bits per heavy atom. The molecule has 1 aliphatic rings. The Bertz CT molecular complexity index is 590. The van der Waals surface area contributed by atoms with Gasteiger partial charge in [-0.2, -0.15) is 13.2 Å². The Hall–Kier alpha value is -2.71. The zero-order chi connectivity index (χ0) is 16.9. The van der Waals surface area contributed by atoms with Crippen LogP contribution in [0.5, 0.6) is 0 Å². The van der Waals surface area contributed by atoms with Crippen LogP contribution in [-0.4, -0.2) is 43.8 Å². The molecule has 6 nitrogen and oxygen atoms in total. The van der Waals surface area contributed by atoms with Crippen LogP contribution in [-0.2, 0) is 23.9 Å². The third kappa shape index (κ3) is 4.14. The summed E-state index contributed by atoms with van der Waals surface area (Å²) in [5.41, 5.74) is -3.43. The van der Waals surface area contributed by atoms with Crippen molar-refractivity contribution in [2.75, 3.05) is 14.2 Å². The lowest BCUT2D eigenvalue weighted by atomic mass is 10.1. The van der Waals surface area contributed by atoms with E-state index in [-0.39, 0.29) is 5.71 Å². The molecule has 0 spiro atoms. The van der Waals surface area contributed by atoms with Gasteiger partial charge in [0.2, 0.25) is 0 Å². The van der Waals surface area contributed by atoms with E-state index in [1.54, 1.807) is 0 Å². The average molecular weight is 317 g/mol. The summed E-state index contributed by atoms with van der Waals surface area (Å²) in [5.74, 6) is -3.51. The van der Waals surface area contributed by atoms with Crippen LogP contribution in [0.2, 0.25) is 0 Å². The fourth-order valence-electron chi connectivity index (χ4n) is 1.39. The zero-order valence-corrected chi connectivity index (χ0v) is 11.4. The second kappa shape index (κ2) is 6.83. The van der Waals surface area contributed by atoms with E-state index < -0.39 is 35.2 Å². The number of alkyl halides is 3. The molecule has 118 valence electrons. The number of methoxy groups -OCH3 is 2. The molecular formula is C13H10F3NO5. The summed E-state index contributed by atoms with van der Waals surface area (Å²) >= 11 is 0. The lowest BCUT2D eigenvalue weighted by Crippen LogP contribution is -2.24. The molecule has 0 atom stereocenters. The molecule has 0 N–H and O–H groups in total. The Labute approximate surface area is 122 Å². The number of esters is 2. The first kappa shape index (κ1) is 17.3. The van der Waals surface area contributed by atoms with E-state index in [0.717, 1.165) is 38.5 Å². The van der Waals surface area contributed by atoms with Crippen LogP contribution in [0.3, 0.4) is 0 Å². The van der Waals surface area contributed by atoms with Crippen molar-refractivity contribution < 1.29 is 37.0 Å². The maximum atomic E-state index is 13.1. The number of halogens is 3. The topological polar surface area (TPSA) is 82.0 Å². The van der Waals surface area contributed by atoms with Crippen LogP contribution in [0, 0.1) is 0 Å². The SMILES string of the molecule is COC(=O)C(C(=O)OC)=C(N=C1C=CC(=O)C=C1)C(F)(F)F. The van der Waals surface area contributed by atoms with Gasteiger partial charge < -0.3 is 9.47 Å². The van der Waals surface area contributed by atoms with Gasteiger partial charge in [-0.1, -0.05) is 0 Å². The molecule has 0 radical (unpaired) electrons. The summed E-state index contributed by atoms with van der Waals surface area (Å²) in [7, 11) is 1.62. The highest BCUT2D eigenvalue weighted by Crippen LogP contribution is 2.31. The van der Waals surface area contributed by atoms with Gasteiger partial charge in [-0.3, -0.25) is 4.79 Å². The largest absolute Gasteiger partial charge is 0.465 e. The first-order valence-corrected chi connectivity index (χ1v) is 5.67. The standard InChI is InChI=1S/C13H10F3NO5/c1-21-11(19)9(12(20)22-2)10(13(14,15)16)17-7-3-5-8(18)6-4-7/h3-6H,1-2H3. The van der Waals surface area contributed by atoms with Crippen molar-refractivity contribution in [3.63, 3.8) is 0 Å². The van der Waals surface area contributed by atoms with Gasteiger partial charge in [-0.15, -0.1) is 0 Å². The van der Waals surface area contributed by atoms with Crippen LogP contribution in [0.15, 0.2) is 40.6 Å². The molecule has 0 heterocycles. The minimum Gasteiger partial charge on any atom is -0.465 e. The van der Waals surface area contributed by atoms with Gasteiger partial charge in [-0.25, -0.2) is 14.6 Å². The summed E-state index contributed by atoms with van der Waals surface area (Å²) in [4.78, 5) is 37.1. The highest BCUT2D eigenvalue weighted by molar-refractivity contribution is 6.18. The number of allylic oxidation sites excluding steroid dienone is 5. The zero-order valence-electron chi connectivity index (χ0n) is 11.4.